The second kappa shape index (κ2) is 5.44. The summed E-state index contributed by atoms with van der Waals surface area (Å²) in [5, 5.41) is 3.92. The molecular weight excluding hydrogens is 375 g/mol. The van der Waals surface area contributed by atoms with E-state index in [4.69, 9.17) is 0 Å². The van der Waals surface area contributed by atoms with Gasteiger partial charge in [0.05, 0.1) is 27.8 Å². The molecule has 0 spiro atoms. The van der Waals surface area contributed by atoms with Crippen molar-refractivity contribution >= 4 is 38.1 Å². The van der Waals surface area contributed by atoms with E-state index >= 15 is 0 Å². The largest absolute Gasteiger partial charge is 0.416 e. The zero-order valence-electron chi connectivity index (χ0n) is 14.9. The first-order valence-electron chi connectivity index (χ1n) is 9.08. The Morgan fingerprint density at radius 3 is 2.41 bits per heavy atom. The molecule has 3 nitrogen and oxygen atoms in total. The minimum Gasteiger partial charge on any atom is -0.315 e. The van der Waals surface area contributed by atoms with Crippen molar-refractivity contribution in [1.82, 2.24) is 14.4 Å². The van der Waals surface area contributed by atoms with Crippen LogP contribution in [0.1, 0.15) is 5.56 Å². The Balaban J connectivity index is 1.69. The van der Waals surface area contributed by atoms with Crippen LogP contribution >= 0.6 is 0 Å². The van der Waals surface area contributed by atoms with Crippen LogP contribution in [0.4, 0.5) is 13.2 Å². The van der Waals surface area contributed by atoms with E-state index in [1.165, 1.54) is 17.8 Å². The second-order valence-electron chi connectivity index (χ2n) is 7.08. The van der Waals surface area contributed by atoms with E-state index < -0.39 is 11.7 Å². The maximum absolute atomic E-state index is 13.1. The van der Waals surface area contributed by atoms with Crippen molar-refractivity contribution in [2.45, 2.75) is 6.18 Å². The molecule has 0 atom stereocenters. The standard InChI is InChI=1S/C23H12F3N3/c24-23(25,26)13-8-9-17-19(10-13)27-12-28-21(17)18-11-29-20-7-2-1-4-14(20)15-5-3-6-16(18)22(15)29/h1-12H. The van der Waals surface area contributed by atoms with Crippen LogP contribution in [0.3, 0.4) is 0 Å². The van der Waals surface area contributed by atoms with E-state index in [1.807, 2.05) is 30.5 Å². The fourth-order valence-corrected chi connectivity index (χ4v) is 4.24. The third-order valence-electron chi connectivity index (χ3n) is 5.50. The van der Waals surface area contributed by atoms with E-state index in [-0.39, 0.29) is 5.52 Å². The highest BCUT2D eigenvalue weighted by atomic mass is 19.4. The summed E-state index contributed by atoms with van der Waals surface area (Å²) < 4.78 is 41.4. The quantitative estimate of drug-likeness (QED) is 0.331. The zero-order chi connectivity index (χ0) is 19.8. The van der Waals surface area contributed by atoms with Gasteiger partial charge in [0.15, 0.2) is 0 Å². The molecule has 0 N–H and O–H groups in total. The van der Waals surface area contributed by atoms with Gasteiger partial charge >= 0.3 is 6.18 Å². The van der Waals surface area contributed by atoms with Gasteiger partial charge in [-0.25, -0.2) is 9.97 Å². The van der Waals surface area contributed by atoms with E-state index in [1.54, 1.807) is 0 Å². The summed E-state index contributed by atoms with van der Waals surface area (Å²) in [6, 6.07) is 17.9. The number of benzene rings is 3. The lowest BCUT2D eigenvalue weighted by atomic mass is 10.0. The molecule has 3 aromatic heterocycles. The van der Waals surface area contributed by atoms with Crippen molar-refractivity contribution < 1.29 is 13.2 Å². The van der Waals surface area contributed by atoms with Crippen LogP contribution in [0.5, 0.6) is 0 Å². The molecule has 0 saturated heterocycles. The first kappa shape index (κ1) is 16.3. The van der Waals surface area contributed by atoms with Crippen molar-refractivity contribution in [1.29, 1.82) is 0 Å². The number of nitrogens with zero attached hydrogens (tertiary/aromatic N) is 3. The zero-order valence-corrected chi connectivity index (χ0v) is 14.9. The smallest absolute Gasteiger partial charge is 0.315 e. The van der Waals surface area contributed by atoms with Crippen molar-refractivity contribution in [2.24, 2.45) is 0 Å². The Morgan fingerprint density at radius 2 is 1.55 bits per heavy atom. The lowest BCUT2D eigenvalue weighted by molar-refractivity contribution is -0.137. The number of fused-ring (bicyclic) bond motifs is 4. The van der Waals surface area contributed by atoms with Crippen LogP contribution in [-0.4, -0.2) is 14.4 Å². The lowest BCUT2D eigenvalue weighted by Crippen LogP contribution is -2.04. The van der Waals surface area contributed by atoms with Gasteiger partial charge in [-0.1, -0.05) is 42.5 Å². The van der Waals surface area contributed by atoms with Crippen LogP contribution in [0.25, 0.3) is 49.4 Å². The molecule has 29 heavy (non-hydrogen) atoms. The summed E-state index contributed by atoms with van der Waals surface area (Å²) >= 11 is 0. The van der Waals surface area contributed by atoms with E-state index in [2.05, 4.69) is 32.6 Å². The van der Waals surface area contributed by atoms with Gasteiger partial charge in [-0.2, -0.15) is 13.2 Å². The number of hydrogen-bond acceptors (Lipinski definition) is 2. The summed E-state index contributed by atoms with van der Waals surface area (Å²) in [5.74, 6) is 0. The average Bonchev–Trinajstić information content (AvgIpc) is 3.26. The van der Waals surface area contributed by atoms with Gasteiger partial charge in [0, 0.05) is 33.3 Å². The third-order valence-corrected chi connectivity index (χ3v) is 5.50. The van der Waals surface area contributed by atoms with Gasteiger partial charge in [0.1, 0.15) is 6.33 Å². The normalized spacial score (nSPS) is 12.7. The van der Waals surface area contributed by atoms with Crippen molar-refractivity contribution in [3.63, 3.8) is 0 Å². The summed E-state index contributed by atoms with van der Waals surface area (Å²) in [6.45, 7) is 0. The molecule has 3 heterocycles. The van der Waals surface area contributed by atoms with Crippen LogP contribution in [0, 0.1) is 0 Å². The topological polar surface area (TPSA) is 30.2 Å². The molecule has 0 aliphatic carbocycles. The Kier molecular flexibility index (Phi) is 3.06. The third kappa shape index (κ3) is 2.20. The summed E-state index contributed by atoms with van der Waals surface area (Å²) in [6.07, 6.45) is -1.07. The first-order valence-corrected chi connectivity index (χ1v) is 9.08. The molecule has 0 aliphatic rings. The van der Waals surface area contributed by atoms with Crippen LogP contribution in [-0.2, 0) is 6.18 Å². The molecule has 0 fully saturated rings. The van der Waals surface area contributed by atoms with Gasteiger partial charge in [0.25, 0.3) is 0 Å². The minimum atomic E-state index is -4.41. The van der Waals surface area contributed by atoms with Gasteiger partial charge in [0.2, 0.25) is 0 Å². The minimum absolute atomic E-state index is 0.277. The summed E-state index contributed by atoms with van der Waals surface area (Å²) in [4.78, 5) is 8.51. The molecule has 0 bridgehead atoms. The number of alkyl halides is 3. The first-order chi connectivity index (χ1) is 14.0. The molecule has 0 unspecified atom stereocenters. The molecule has 0 aliphatic heterocycles. The lowest BCUT2D eigenvalue weighted by Gasteiger charge is -2.09. The van der Waals surface area contributed by atoms with Crippen LogP contribution in [0.15, 0.2) is 73.2 Å². The monoisotopic (exact) mass is 387 g/mol. The Hall–Kier alpha value is -3.67. The van der Waals surface area contributed by atoms with E-state index in [0.29, 0.717) is 11.1 Å². The molecule has 6 heteroatoms. The molecule has 6 rings (SSSR count). The Morgan fingerprint density at radius 1 is 0.759 bits per heavy atom. The Labute approximate surface area is 162 Å². The predicted molar refractivity (Wildman–Crippen MR) is 107 cm³/mol. The highest BCUT2D eigenvalue weighted by Crippen LogP contribution is 2.40. The van der Waals surface area contributed by atoms with Gasteiger partial charge in [-0.05, 0) is 18.2 Å². The molecule has 6 aromatic rings. The predicted octanol–water partition coefficient (Wildman–Crippen LogP) is 6.31. The number of rotatable bonds is 1. The number of hydrogen-bond donors (Lipinski definition) is 0. The number of halogens is 3. The molecule has 0 saturated carbocycles. The van der Waals surface area contributed by atoms with E-state index in [0.717, 1.165) is 39.5 Å². The summed E-state index contributed by atoms with van der Waals surface area (Å²) in [7, 11) is 0. The Bertz CT molecular complexity index is 1550. The van der Waals surface area contributed by atoms with Gasteiger partial charge in [-0.15, -0.1) is 0 Å². The van der Waals surface area contributed by atoms with Gasteiger partial charge < -0.3 is 4.40 Å². The summed E-state index contributed by atoms with van der Waals surface area (Å²) in [5.41, 5.74) is 3.24. The number of para-hydroxylation sites is 2. The molecule has 140 valence electrons. The van der Waals surface area contributed by atoms with Gasteiger partial charge in [-0.3, -0.25) is 0 Å². The SMILES string of the molecule is FC(F)(F)c1ccc2c(-c3cn4c5ccccc5c5cccc3c54)ncnc2c1. The van der Waals surface area contributed by atoms with Crippen LogP contribution in [0.2, 0.25) is 0 Å². The fraction of sp³-hybridized carbons (Fsp3) is 0.0435. The number of aromatic nitrogens is 3. The second-order valence-corrected chi connectivity index (χ2v) is 7.08. The average molecular weight is 387 g/mol. The van der Waals surface area contributed by atoms with Crippen molar-refractivity contribution in [3.05, 3.63) is 78.8 Å². The maximum atomic E-state index is 13.1. The molecule has 0 radical (unpaired) electrons. The van der Waals surface area contributed by atoms with Crippen molar-refractivity contribution in [2.75, 3.05) is 0 Å². The highest BCUT2D eigenvalue weighted by molar-refractivity contribution is 6.18. The maximum Gasteiger partial charge on any atom is 0.416 e. The van der Waals surface area contributed by atoms with E-state index in [9.17, 15) is 13.2 Å². The highest BCUT2D eigenvalue weighted by Gasteiger charge is 2.31. The van der Waals surface area contributed by atoms with Crippen molar-refractivity contribution in [3.8, 4) is 11.3 Å². The fourth-order valence-electron chi connectivity index (χ4n) is 4.24. The molecular formula is C23H12F3N3. The van der Waals surface area contributed by atoms with Crippen LogP contribution < -0.4 is 0 Å². The molecule has 3 aromatic carbocycles. The molecule has 0 amide bonds.